The first-order valence-electron chi connectivity index (χ1n) is 5.54. The molecule has 0 bridgehead atoms. The van der Waals surface area contributed by atoms with Gasteiger partial charge in [-0.1, -0.05) is 12.1 Å². The van der Waals surface area contributed by atoms with Crippen molar-refractivity contribution >= 4 is 17.1 Å². The number of halogens is 2. The van der Waals surface area contributed by atoms with Gasteiger partial charge < -0.3 is 10.6 Å². The third kappa shape index (κ3) is 2.14. The average molecular weight is 248 g/mol. The minimum atomic E-state index is -0.931. The standard InChI is InChI=1S/C14H14F2N2/c1-9-4-3-5-10(8-9)18(2)14-12(17)7-6-11(15)13(14)16/h3-8H,17H2,1-2H3. The van der Waals surface area contributed by atoms with Crippen LogP contribution >= 0.6 is 0 Å². The molecular weight excluding hydrogens is 234 g/mol. The van der Waals surface area contributed by atoms with Crippen LogP contribution in [0.1, 0.15) is 5.56 Å². The molecule has 0 saturated carbocycles. The van der Waals surface area contributed by atoms with Crippen molar-refractivity contribution < 1.29 is 8.78 Å². The summed E-state index contributed by atoms with van der Waals surface area (Å²) in [5, 5.41) is 0. The van der Waals surface area contributed by atoms with Gasteiger partial charge in [0.1, 0.15) is 5.69 Å². The van der Waals surface area contributed by atoms with E-state index in [1.165, 1.54) is 6.07 Å². The minimum Gasteiger partial charge on any atom is -0.397 e. The summed E-state index contributed by atoms with van der Waals surface area (Å²) in [5.41, 5.74) is 7.77. The largest absolute Gasteiger partial charge is 0.397 e. The van der Waals surface area contributed by atoms with Gasteiger partial charge in [-0.2, -0.15) is 0 Å². The minimum absolute atomic E-state index is 0.0561. The Morgan fingerprint density at radius 2 is 1.83 bits per heavy atom. The molecule has 0 amide bonds. The molecular formula is C14H14F2N2. The van der Waals surface area contributed by atoms with Crippen molar-refractivity contribution in [1.82, 2.24) is 0 Å². The van der Waals surface area contributed by atoms with Crippen molar-refractivity contribution in [2.75, 3.05) is 17.7 Å². The van der Waals surface area contributed by atoms with E-state index in [0.29, 0.717) is 0 Å². The molecule has 0 unspecified atom stereocenters. The van der Waals surface area contributed by atoms with Crippen LogP contribution in [0.25, 0.3) is 0 Å². The van der Waals surface area contributed by atoms with E-state index in [0.717, 1.165) is 17.3 Å². The summed E-state index contributed by atoms with van der Waals surface area (Å²) < 4.78 is 27.1. The fraction of sp³-hybridized carbons (Fsp3) is 0.143. The van der Waals surface area contributed by atoms with Gasteiger partial charge in [-0.15, -0.1) is 0 Å². The Bertz CT molecular complexity index is 582. The number of hydrogen-bond donors (Lipinski definition) is 1. The summed E-state index contributed by atoms with van der Waals surface area (Å²) in [4.78, 5) is 1.54. The Morgan fingerprint density at radius 3 is 2.50 bits per heavy atom. The van der Waals surface area contributed by atoms with Gasteiger partial charge in [-0.25, -0.2) is 8.78 Å². The zero-order valence-electron chi connectivity index (χ0n) is 10.2. The first-order chi connectivity index (χ1) is 8.50. The summed E-state index contributed by atoms with van der Waals surface area (Å²) in [6.45, 7) is 1.93. The second-order valence-electron chi connectivity index (χ2n) is 4.20. The van der Waals surface area contributed by atoms with Crippen LogP contribution in [0.5, 0.6) is 0 Å². The number of rotatable bonds is 2. The molecule has 0 saturated heterocycles. The van der Waals surface area contributed by atoms with E-state index in [1.807, 2.05) is 31.2 Å². The predicted molar refractivity (Wildman–Crippen MR) is 70.0 cm³/mol. The lowest BCUT2D eigenvalue weighted by atomic mass is 10.1. The van der Waals surface area contributed by atoms with E-state index < -0.39 is 11.6 Å². The fourth-order valence-electron chi connectivity index (χ4n) is 1.86. The molecule has 0 radical (unpaired) electrons. The van der Waals surface area contributed by atoms with Crippen molar-refractivity contribution in [1.29, 1.82) is 0 Å². The van der Waals surface area contributed by atoms with Crippen molar-refractivity contribution in [3.8, 4) is 0 Å². The average Bonchev–Trinajstić information content (AvgIpc) is 2.34. The van der Waals surface area contributed by atoms with E-state index in [2.05, 4.69) is 0 Å². The lowest BCUT2D eigenvalue weighted by molar-refractivity contribution is 0.510. The van der Waals surface area contributed by atoms with Crippen molar-refractivity contribution in [3.63, 3.8) is 0 Å². The highest BCUT2D eigenvalue weighted by Crippen LogP contribution is 2.33. The third-order valence-corrected chi connectivity index (χ3v) is 2.82. The topological polar surface area (TPSA) is 29.3 Å². The van der Waals surface area contributed by atoms with Gasteiger partial charge in [0, 0.05) is 12.7 Å². The van der Waals surface area contributed by atoms with Crippen LogP contribution in [0.3, 0.4) is 0 Å². The molecule has 0 spiro atoms. The quantitative estimate of drug-likeness (QED) is 0.822. The van der Waals surface area contributed by atoms with Crippen LogP contribution < -0.4 is 10.6 Å². The number of nitrogens with two attached hydrogens (primary N) is 1. The zero-order valence-corrected chi connectivity index (χ0v) is 10.2. The fourth-order valence-corrected chi connectivity index (χ4v) is 1.86. The second kappa shape index (κ2) is 4.64. The maximum atomic E-state index is 13.8. The molecule has 2 N–H and O–H groups in total. The summed E-state index contributed by atoms with van der Waals surface area (Å²) in [7, 11) is 1.66. The summed E-state index contributed by atoms with van der Waals surface area (Å²) in [6.07, 6.45) is 0. The van der Waals surface area contributed by atoms with Gasteiger partial charge in [-0.05, 0) is 36.8 Å². The second-order valence-corrected chi connectivity index (χ2v) is 4.20. The highest BCUT2D eigenvalue weighted by molar-refractivity contribution is 5.75. The molecule has 2 rings (SSSR count). The smallest absolute Gasteiger partial charge is 0.184 e. The van der Waals surface area contributed by atoms with Gasteiger partial charge in [-0.3, -0.25) is 0 Å². The van der Waals surface area contributed by atoms with Crippen molar-refractivity contribution in [3.05, 3.63) is 53.6 Å². The molecule has 94 valence electrons. The van der Waals surface area contributed by atoms with Crippen LogP contribution in [-0.4, -0.2) is 7.05 Å². The number of nitrogens with zero attached hydrogens (tertiary/aromatic N) is 1. The van der Waals surface area contributed by atoms with Gasteiger partial charge in [0.2, 0.25) is 0 Å². The predicted octanol–water partition coefficient (Wildman–Crippen LogP) is 3.62. The van der Waals surface area contributed by atoms with E-state index in [9.17, 15) is 8.78 Å². The van der Waals surface area contributed by atoms with E-state index in [1.54, 1.807) is 11.9 Å². The molecule has 2 aromatic carbocycles. The van der Waals surface area contributed by atoms with Crippen molar-refractivity contribution in [2.24, 2.45) is 0 Å². The van der Waals surface area contributed by atoms with E-state index >= 15 is 0 Å². The Labute approximate surface area is 105 Å². The van der Waals surface area contributed by atoms with Crippen LogP contribution in [-0.2, 0) is 0 Å². The number of aryl methyl sites for hydroxylation is 1. The molecule has 4 heteroatoms. The van der Waals surface area contributed by atoms with Gasteiger partial charge in [0.05, 0.1) is 5.69 Å². The Morgan fingerprint density at radius 1 is 1.11 bits per heavy atom. The van der Waals surface area contributed by atoms with Crippen LogP contribution in [0.15, 0.2) is 36.4 Å². The molecule has 2 nitrogen and oxygen atoms in total. The van der Waals surface area contributed by atoms with Gasteiger partial charge in [0.15, 0.2) is 11.6 Å². The number of benzene rings is 2. The molecule has 0 atom stereocenters. The Kier molecular flexibility index (Phi) is 3.19. The first-order valence-corrected chi connectivity index (χ1v) is 5.54. The molecule has 0 heterocycles. The lowest BCUT2D eigenvalue weighted by Crippen LogP contribution is -2.14. The highest BCUT2D eigenvalue weighted by atomic mass is 19.2. The molecule has 18 heavy (non-hydrogen) atoms. The maximum Gasteiger partial charge on any atom is 0.184 e. The van der Waals surface area contributed by atoms with E-state index in [-0.39, 0.29) is 11.4 Å². The Balaban J connectivity index is 2.52. The molecule has 0 aliphatic carbocycles. The van der Waals surface area contributed by atoms with Gasteiger partial charge in [0.25, 0.3) is 0 Å². The zero-order chi connectivity index (χ0) is 13.3. The maximum absolute atomic E-state index is 13.8. The SMILES string of the molecule is Cc1cccc(N(C)c2c(N)ccc(F)c2F)c1. The summed E-state index contributed by atoms with van der Waals surface area (Å²) >= 11 is 0. The molecule has 0 aromatic heterocycles. The first kappa shape index (κ1) is 12.4. The van der Waals surface area contributed by atoms with E-state index in [4.69, 9.17) is 5.73 Å². The number of anilines is 3. The molecule has 2 aromatic rings. The summed E-state index contributed by atoms with van der Waals surface area (Å²) in [5.74, 6) is -1.84. The lowest BCUT2D eigenvalue weighted by Gasteiger charge is -2.22. The molecule has 0 aliphatic rings. The number of nitrogen functional groups attached to an aromatic ring is 1. The Hall–Kier alpha value is -2.10. The van der Waals surface area contributed by atoms with Crippen molar-refractivity contribution in [2.45, 2.75) is 6.92 Å². The molecule has 0 fully saturated rings. The van der Waals surface area contributed by atoms with Crippen LogP contribution in [0, 0.1) is 18.6 Å². The van der Waals surface area contributed by atoms with Crippen LogP contribution in [0.4, 0.5) is 25.8 Å². The van der Waals surface area contributed by atoms with Crippen LogP contribution in [0.2, 0.25) is 0 Å². The third-order valence-electron chi connectivity index (χ3n) is 2.82. The normalized spacial score (nSPS) is 10.4. The monoisotopic (exact) mass is 248 g/mol. The van der Waals surface area contributed by atoms with Gasteiger partial charge >= 0.3 is 0 Å². The number of hydrogen-bond acceptors (Lipinski definition) is 2. The summed E-state index contributed by atoms with van der Waals surface area (Å²) in [6, 6.07) is 9.87. The molecule has 0 aliphatic heterocycles. The highest BCUT2D eigenvalue weighted by Gasteiger charge is 2.16.